The molecule has 0 saturated heterocycles. The predicted octanol–water partition coefficient (Wildman–Crippen LogP) is 3.79. The molecule has 0 radical (unpaired) electrons. The number of Topliss-reactive ketones (excluding diaryl/α,β-unsaturated/α-hetero) is 1. The number of halogens is 1. The number of carbonyl (C=O) groups excluding carboxylic acids is 2. The number of hydrogen-bond acceptors (Lipinski definition) is 5. The maximum atomic E-state index is 12.0. The second-order valence-corrected chi connectivity index (χ2v) is 6.55. The number of carbonyl (C=O) groups is 2. The van der Waals surface area contributed by atoms with Crippen molar-refractivity contribution in [3.05, 3.63) is 45.9 Å². The summed E-state index contributed by atoms with van der Waals surface area (Å²) in [6.45, 7) is 3.04. The monoisotopic (exact) mass is 348 g/mol. The SMILES string of the molecule is CC(=O)COC(=O)c1cc2c(C)nn(-c3ccc(Cl)cc3)c2s1. The average Bonchev–Trinajstić information content (AvgIpc) is 3.07. The summed E-state index contributed by atoms with van der Waals surface area (Å²) in [5.74, 6) is -0.688. The fourth-order valence-corrected chi connectivity index (χ4v) is 3.35. The normalized spacial score (nSPS) is 10.9. The Kier molecular flexibility index (Phi) is 4.19. The summed E-state index contributed by atoms with van der Waals surface area (Å²) < 4.78 is 6.74. The van der Waals surface area contributed by atoms with Gasteiger partial charge in [0.25, 0.3) is 0 Å². The van der Waals surface area contributed by atoms with E-state index in [2.05, 4.69) is 5.10 Å². The van der Waals surface area contributed by atoms with E-state index in [9.17, 15) is 9.59 Å². The lowest BCUT2D eigenvalue weighted by Crippen LogP contribution is -2.10. The highest BCUT2D eigenvalue weighted by Crippen LogP contribution is 2.31. The van der Waals surface area contributed by atoms with Gasteiger partial charge in [-0.15, -0.1) is 11.3 Å². The molecule has 2 aromatic heterocycles. The molecule has 0 atom stereocenters. The van der Waals surface area contributed by atoms with Crippen molar-refractivity contribution in [1.29, 1.82) is 0 Å². The van der Waals surface area contributed by atoms with Crippen LogP contribution in [0.5, 0.6) is 0 Å². The van der Waals surface area contributed by atoms with Crippen LogP contribution in [-0.2, 0) is 9.53 Å². The van der Waals surface area contributed by atoms with Crippen LogP contribution >= 0.6 is 22.9 Å². The molecule has 3 aromatic rings. The van der Waals surface area contributed by atoms with Gasteiger partial charge in [0.15, 0.2) is 5.78 Å². The summed E-state index contributed by atoms with van der Waals surface area (Å²) in [6, 6.07) is 9.05. The van der Waals surface area contributed by atoms with Gasteiger partial charge in [0.2, 0.25) is 0 Å². The molecule has 0 aliphatic rings. The number of nitrogens with zero attached hydrogens (tertiary/aromatic N) is 2. The van der Waals surface area contributed by atoms with Crippen molar-refractivity contribution in [3.8, 4) is 5.69 Å². The van der Waals surface area contributed by atoms with Crippen LogP contribution in [0.2, 0.25) is 5.02 Å². The molecule has 1 aromatic carbocycles. The molecule has 0 bridgehead atoms. The van der Waals surface area contributed by atoms with Gasteiger partial charge in [-0.05, 0) is 44.2 Å². The van der Waals surface area contributed by atoms with Crippen molar-refractivity contribution in [3.63, 3.8) is 0 Å². The highest BCUT2D eigenvalue weighted by Gasteiger charge is 2.18. The van der Waals surface area contributed by atoms with E-state index in [1.165, 1.54) is 18.3 Å². The zero-order chi connectivity index (χ0) is 16.6. The number of aryl methyl sites for hydroxylation is 1. The van der Waals surface area contributed by atoms with Crippen molar-refractivity contribution in [1.82, 2.24) is 9.78 Å². The fraction of sp³-hybridized carbons (Fsp3) is 0.188. The van der Waals surface area contributed by atoms with Crippen LogP contribution in [0.3, 0.4) is 0 Å². The molecule has 0 N–H and O–H groups in total. The van der Waals surface area contributed by atoms with E-state index in [4.69, 9.17) is 16.3 Å². The lowest BCUT2D eigenvalue weighted by Gasteiger charge is -2.02. The third-order valence-corrected chi connectivity index (χ3v) is 4.57. The second kappa shape index (κ2) is 6.14. The standard InChI is InChI=1S/C16H13ClN2O3S/c1-9(20)8-22-16(21)14-7-13-10(2)18-19(15(13)23-14)12-5-3-11(17)4-6-12/h3-7H,8H2,1-2H3. The van der Waals surface area contributed by atoms with E-state index >= 15 is 0 Å². The van der Waals surface area contributed by atoms with E-state index in [0.717, 1.165) is 21.6 Å². The molecule has 0 aliphatic carbocycles. The first-order valence-corrected chi connectivity index (χ1v) is 8.07. The summed E-state index contributed by atoms with van der Waals surface area (Å²) in [5.41, 5.74) is 1.68. The Hall–Kier alpha value is -2.18. The largest absolute Gasteiger partial charge is 0.454 e. The number of benzene rings is 1. The minimum atomic E-state index is -0.497. The summed E-state index contributed by atoms with van der Waals surface area (Å²) in [6.07, 6.45) is 0. The molecule has 0 saturated carbocycles. The van der Waals surface area contributed by atoms with Crippen molar-refractivity contribution in [2.45, 2.75) is 13.8 Å². The number of rotatable bonds is 4. The molecule has 0 fully saturated rings. The molecule has 0 aliphatic heterocycles. The number of thiophene rings is 1. The summed E-state index contributed by atoms with van der Waals surface area (Å²) in [4.78, 5) is 24.2. The van der Waals surface area contributed by atoms with Crippen molar-refractivity contribution in [2.75, 3.05) is 6.61 Å². The van der Waals surface area contributed by atoms with E-state index in [0.29, 0.717) is 9.90 Å². The maximum absolute atomic E-state index is 12.0. The fourth-order valence-electron chi connectivity index (χ4n) is 2.14. The summed E-state index contributed by atoms with van der Waals surface area (Å²) in [5, 5.41) is 6.04. The number of ketones is 1. The third-order valence-electron chi connectivity index (χ3n) is 3.22. The highest BCUT2D eigenvalue weighted by molar-refractivity contribution is 7.20. The van der Waals surface area contributed by atoms with Crippen LogP contribution in [-0.4, -0.2) is 28.1 Å². The molecule has 0 unspecified atom stereocenters. The molecule has 7 heteroatoms. The molecular formula is C16H13ClN2O3S. The molecule has 0 amide bonds. The van der Waals surface area contributed by atoms with Gasteiger partial charge >= 0.3 is 5.97 Å². The summed E-state index contributed by atoms with van der Waals surface area (Å²) >= 11 is 7.20. The molecular weight excluding hydrogens is 336 g/mol. The van der Waals surface area contributed by atoms with Crippen LogP contribution < -0.4 is 0 Å². The van der Waals surface area contributed by atoms with E-state index in [1.807, 2.05) is 19.1 Å². The van der Waals surface area contributed by atoms with Gasteiger partial charge in [-0.25, -0.2) is 9.48 Å². The first-order chi connectivity index (χ1) is 11.0. The third kappa shape index (κ3) is 3.13. The minimum absolute atomic E-state index is 0.192. The molecule has 0 spiro atoms. The lowest BCUT2D eigenvalue weighted by atomic mass is 10.3. The van der Waals surface area contributed by atoms with Crippen LogP contribution in [0.4, 0.5) is 0 Å². The number of fused-ring (bicyclic) bond motifs is 1. The zero-order valence-corrected chi connectivity index (χ0v) is 14.1. The van der Waals surface area contributed by atoms with E-state index in [-0.39, 0.29) is 12.4 Å². The second-order valence-electron chi connectivity index (χ2n) is 5.08. The molecule has 3 rings (SSSR count). The minimum Gasteiger partial charge on any atom is -0.454 e. The Bertz CT molecular complexity index is 896. The predicted molar refractivity (Wildman–Crippen MR) is 89.7 cm³/mol. The molecule has 118 valence electrons. The summed E-state index contributed by atoms with van der Waals surface area (Å²) in [7, 11) is 0. The van der Waals surface area contributed by atoms with Crippen LogP contribution in [0.1, 0.15) is 22.3 Å². The van der Waals surface area contributed by atoms with Gasteiger partial charge in [0, 0.05) is 10.4 Å². The molecule has 2 heterocycles. The van der Waals surface area contributed by atoms with Crippen LogP contribution in [0, 0.1) is 6.92 Å². The Balaban J connectivity index is 2.00. The van der Waals surface area contributed by atoms with Gasteiger partial charge in [0.1, 0.15) is 16.3 Å². The lowest BCUT2D eigenvalue weighted by molar-refractivity contribution is -0.120. The van der Waals surface area contributed by atoms with Gasteiger partial charge in [-0.3, -0.25) is 4.79 Å². The van der Waals surface area contributed by atoms with Gasteiger partial charge < -0.3 is 4.74 Å². The van der Waals surface area contributed by atoms with Gasteiger partial charge in [0.05, 0.1) is 11.4 Å². The number of esters is 1. The quantitative estimate of drug-likeness (QED) is 0.673. The Morgan fingerprint density at radius 1 is 1.30 bits per heavy atom. The van der Waals surface area contributed by atoms with Crippen molar-refractivity contribution >= 4 is 44.9 Å². The first kappa shape index (κ1) is 15.7. The van der Waals surface area contributed by atoms with Crippen LogP contribution in [0.25, 0.3) is 15.9 Å². The number of hydrogen-bond donors (Lipinski definition) is 0. The topological polar surface area (TPSA) is 61.2 Å². The zero-order valence-electron chi connectivity index (χ0n) is 12.5. The maximum Gasteiger partial charge on any atom is 0.348 e. The Morgan fingerprint density at radius 3 is 2.65 bits per heavy atom. The molecule has 23 heavy (non-hydrogen) atoms. The van der Waals surface area contributed by atoms with E-state index in [1.54, 1.807) is 22.9 Å². The number of aromatic nitrogens is 2. The highest BCUT2D eigenvalue weighted by atomic mass is 35.5. The van der Waals surface area contributed by atoms with Crippen molar-refractivity contribution in [2.24, 2.45) is 0 Å². The van der Waals surface area contributed by atoms with E-state index < -0.39 is 5.97 Å². The molecule has 5 nitrogen and oxygen atoms in total. The van der Waals surface area contributed by atoms with Crippen molar-refractivity contribution < 1.29 is 14.3 Å². The average molecular weight is 349 g/mol. The smallest absolute Gasteiger partial charge is 0.348 e. The van der Waals surface area contributed by atoms with Crippen LogP contribution in [0.15, 0.2) is 30.3 Å². The van der Waals surface area contributed by atoms with Gasteiger partial charge in [-0.2, -0.15) is 5.10 Å². The van der Waals surface area contributed by atoms with Gasteiger partial charge in [-0.1, -0.05) is 11.6 Å². The first-order valence-electron chi connectivity index (χ1n) is 6.87. The number of ether oxygens (including phenoxy) is 1. The Labute approximate surface area is 141 Å². The Morgan fingerprint density at radius 2 is 2.00 bits per heavy atom.